The number of methoxy groups -OCH3 is 1. The summed E-state index contributed by atoms with van der Waals surface area (Å²) in [5.74, 6) is -0.453. The Morgan fingerprint density at radius 1 is 1.29 bits per heavy atom. The van der Waals surface area contributed by atoms with Crippen LogP contribution in [0.15, 0.2) is 24.3 Å². The molecule has 0 aromatic heterocycles. The maximum atomic E-state index is 11.5. The molecule has 24 heavy (non-hydrogen) atoms. The predicted molar refractivity (Wildman–Crippen MR) is 85.1 cm³/mol. The van der Waals surface area contributed by atoms with Crippen LogP contribution in [-0.4, -0.2) is 36.7 Å². The van der Waals surface area contributed by atoms with Gasteiger partial charge < -0.3 is 20.5 Å². The van der Waals surface area contributed by atoms with Crippen molar-refractivity contribution in [1.82, 2.24) is 5.32 Å². The molecule has 0 bridgehead atoms. The number of nitro groups is 1. The largest absolute Gasteiger partial charge is 0.468 e. The molecule has 0 radical (unpaired) electrons. The van der Waals surface area contributed by atoms with Gasteiger partial charge in [-0.1, -0.05) is 0 Å². The summed E-state index contributed by atoms with van der Waals surface area (Å²) in [5, 5.41) is 13.1. The number of hydrogen-bond acceptors (Lipinski definition) is 7. The second-order valence-corrected chi connectivity index (χ2v) is 5.05. The number of ether oxygens (including phenoxy) is 2. The minimum absolute atomic E-state index is 0.0200. The quantitative estimate of drug-likeness (QED) is 0.301. The van der Waals surface area contributed by atoms with Crippen LogP contribution >= 0.6 is 0 Å². The van der Waals surface area contributed by atoms with Gasteiger partial charge >= 0.3 is 12.1 Å². The van der Waals surface area contributed by atoms with E-state index < -0.39 is 23.0 Å². The molecule has 0 aliphatic carbocycles. The molecule has 1 atom stereocenters. The van der Waals surface area contributed by atoms with E-state index >= 15 is 0 Å². The van der Waals surface area contributed by atoms with Crippen LogP contribution in [-0.2, 0) is 20.9 Å². The predicted octanol–water partition coefficient (Wildman–Crippen LogP) is 1.49. The minimum Gasteiger partial charge on any atom is -0.468 e. The number of nitrogens with one attached hydrogen (secondary N) is 1. The van der Waals surface area contributed by atoms with Crippen LogP contribution in [0.25, 0.3) is 0 Å². The van der Waals surface area contributed by atoms with Crippen molar-refractivity contribution < 1.29 is 24.0 Å². The summed E-state index contributed by atoms with van der Waals surface area (Å²) in [6, 6.07) is 5.10. The van der Waals surface area contributed by atoms with Gasteiger partial charge in [0.15, 0.2) is 0 Å². The SMILES string of the molecule is COC(=O)[C@@H](N)CCCCNC(=O)OCc1ccc([N+](=O)[O-])cc1. The Bertz CT molecular complexity index is 561. The topological polar surface area (TPSA) is 134 Å². The van der Waals surface area contributed by atoms with Crippen molar-refractivity contribution in [3.63, 3.8) is 0 Å². The van der Waals surface area contributed by atoms with Gasteiger partial charge in [-0.25, -0.2) is 4.79 Å². The fraction of sp³-hybridized carbons (Fsp3) is 0.467. The summed E-state index contributed by atoms with van der Waals surface area (Å²) in [5.41, 5.74) is 6.22. The molecule has 9 nitrogen and oxygen atoms in total. The second kappa shape index (κ2) is 10.2. The first-order chi connectivity index (χ1) is 11.4. The minimum atomic E-state index is -0.649. The standard InChI is InChI=1S/C15H21N3O6/c1-23-14(19)13(16)4-2-3-9-17-15(20)24-10-11-5-7-12(8-6-11)18(21)22/h5-8,13H,2-4,9-10,16H2,1H3,(H,17,20)/t13-/m0/s1. The van der Waals surface area contributed by atoms with Crippen molar-refractivity contribution in [1.29, 1.82) is 0 Å². The summed E-state index contributed by atoms with van der Waals surface area (Å²) >= 11 is 0. The lowest BCUT2D eigenvalue weighted by Crippen LogP contribution is -2.31. The van der Waals surface area contributed by atoms with Crippen molar-refractivity contribution >= 4 is 17.7 Å². The van der Waals surface area contributed by atoms with Gasteiger partial charge in [0, 0.05) is 18.7 Å². The van der Waals surface area contributed by atoms with Gasteiger partial charge in [0.25, 0.3) is 5.69 Å². The van der Waals surface area contributed by atoms with Gasteiger partial charge in [-0.15, -0.1) is 0 Å². The van der Waals surface area contributed by atoms with Gasteiger partial charge in [0.1, 0.15) is 12.6 Å². The van der Waals surface area contributed by atoms with Crippen LogP contribution in [0.2, 0.25) is 0 Å². The van der Waals surface area contributed by atoms with E-state index in [0.29, 0.717) is 31.4 Å². The van der Waals surface area contributed by atoms with Gasteiger partial charge in [-0.2, -0.15) is 0 Å². The van der Waals surface area contributed by atoms with E-state index in [4.69, 9.17) is 10.5 Å². The normalized spacial score (nSPS) is 11.4. The number of amides is 1. The number of nitro benzene ring substituents is 1. The van der Waals surface area contributed by atoms with Crippen LogP contribution in [0, 0.1) is 10.1 Å². The number of carbonyl (C=O) groups is 2. The average molecular weight is 339 g/mol. The summed E-state index contributed by atoms with van der Waals surface area (Å²) in [4.78, 5) is 32.6. The Morgan fingerprint density at radius 2 is 1.96 bits per heavy atom. The zero-order valence-electron chi connectivity index (χ0n) is 13.4. The summed E-state index contributed by atoms with van der Waals surface area (Å²) < 4.78 is 9.50. The molecular formula is C15H21N3O6. The molecule has 9 heteroatoms. The summed E-state index contributed by atoms with van der Waals surface area (Å²) in [7, 11) is 1.28. The molecule has 0 heterocycles. The van der Waals surface area contributed by atoms with E-state index in [2.05, 4.69) is 10.1 Å². The van der Waals surface area contributed by atoms with E-state index in [1.165, 1.54) is 31.4 Å². The molecule has 1 amide bonds. The van der Waals surface area contributed by atoms with E-state index in [1.807, 2.05) is 0 Å². The molecule has 1 rings (SSSR count). The molecule has 0 fully saturated rings. The molecule has 0 aliphatic rings. The monoisotopic (exact) mass is 339 g/mol. The lowest BCUT2D eigenvalue weighted by atomic mass is 10.1. The first-order valence-corrected chi connectivity index (χ1v) is 7.41. The van der Waals surface area contributed by atoms with Crippen LogP contribution in [0.1, 0.15) is 24.8 Å². The van der Waals surface area contributed by atoms with Crippen LogP contribution < -0.4 is 11.1 Å². The van der Waals surface area contributed by atoms with Crippen molar-refractivity contribution in [3.8, 4) is 0 Å². The fourth-order valence-corrected chi connectivity index (χ4v) is 1.86. The third-order valence-corrected chi connectivity index (χ3v) is 3.23. The van der Waals surface area contributed by atoms with Gasteiger partial charge in [0.05, 0.1) is 12.0 Å². The molecule has 3 N–H and O–H groups in total. The highest BCUT2D eigenvalue weighted by atomic mass is 16.6. The number of unbranched alkanes of at least 4 members (excludes halogenated alkanes) is 1. The van der Waals surface area contributed by atoms with E-state index in [-0.39, 0.29) is 12.3 Å². The lowest BCUT2D eigenvalue weighted by molar-refractivity contribution is -0.384. The molecule has 0 spiro atoms. The van der Waals surface area contributed by atoms with Crippen molar-refractivity contribution in [3.05, 3.63) is 39.9 Å². The number of nitrogens with two attached hydrogens (primary N) is 1. The number of non-ortho nitro benzene ring substituents is 1. The van der Waals surface area contributed by atoms with Gasteiger partial charge in [-0.3, -0.25) is 14.9 Å². The van der Waals surface area contributed by atoms with E-state index in [1.54, 1.807) is 0 Å². The van der Waals surface area contributed by atoms with Crippen LogP contribution in [0.3, 0.4) is 0 Å². The number of rotatable bonds is 9. The molecule has 1 aromatic rings. The Balaban J connectivity index is 2.16. The van der Waals surface area contributed by atoms with E-state index in [9.17, 15) is 19.7 Å². The molecule has 0 aliphatic heterocycles. The number of esters is 1. The highest BCUT2D eigenvalue weighted by molar-refractivity contribution is 5.75. The molecule has 0 saturated carbocycles. The average Bonchev–Trinajstić information content (AvgIpc) is 2.58. The van der Waals surface area contributed by atoms with Gasteiger partial charge in [-0.05, 0) is 37.0 Å². The maximum Gasteiger partial charge on any atom is 0.407 e. The Labute approximate surface area is 139 Å². The second-order valence-electron chi connectivity index (χ2n) is 5.05. The van der Waals surface area contributed by atoms with Crippen molar-refractivity contribution in [2.24, 2.45) is 5.73 Å². The van der Waals surface area contributed by atoms with Crippen LogP contribution in [0.5, 0.6) is 0 Å². The zero-order valence-corrected chi connectivity index (χ0v) is 13.4. The highest BCUT2D eigenvalue weighted by Gasteiger charge is 2.12. The number of alkyl carbamates (subject to hydrolysis) is 1. The Kier molecular flexibility index (Phi) is 8.20. The van der Waals surface area contributed by atoms with Crippen LogP contribution in [0.4, 0.5) is 10.5 Å². The third-order valence-electron chi connectivity index (χ3n) is 3.23. The Hall–Kier alpha value is -2.68. The molecule has 1 aromatic carbocycles. The van der Waals surface area contributed by atoms with Crippen molar-refractivity contribution in [2.45, 2.75) is 31.9 Å². The zero-order chi connectivity index (χ0) is 17.9. The number of nitrogens with zero attached hydrogens (tertiary/aromatic N) is 1. The number of carbonyl (C=O) groups excluding carboxylic acids is 2. The van der Waals surface area contributed by atoms with Crippen molar-refractivity contribution in [2.75, 3.05) is 13.7 Å². The fourth-order valence-electron chi connectivity index (χ4n) is 1.86. The molecule has 132 valence electrons. The summed E-state index contributed by atoms with van der Waals surface area (Å²) in [6.07, 6.45) is 1.22. The van der Waals surface area contributed by atoms with Gasteiger partial charge in [0.2, 0.25) is 0 Å². The first kappa shape index (κ1) is 19.4. The molecule has 0 unspecified atom stereocenters. The third kappa shape index (κ3) is 7.05. The molecule has 0 saturated heterocycles. The molecular weight excluding hydrogens is 318 g/mol. The first-order valence-electron chi connectivity index (χ1n) is 7.41. The smallest absolute Gasteiger partial charge is 0.407 e. The summed E-state index contributed by atoms with van der Waals surface area (Å²) in [6.45, 7) is 0.421. The maximum absolute atomic E-state index is 11.5. The van der Waals surface area contributed by atoms with E-state index in [0.717, 1.165) is 0 Å². The number of benzene rings is 1. The Morgan fingerprint density at radius 3 is 2.54 bits per heavy atom. The number of hydrogen-bond donors (Lipinski definition) is 2. The lowest BCUT2D eigenvalue weighted by Gasteiger charge is -2.09. The highest BCUT2D eigenvalue weighted by Crippen LogP contribution is 2.12.